The fourth-order valence-corrected chi connectivity index (χ4v) is 3.91. The summed E-state index contributed by atoms with van der Waals surface area (Å²) >= 11 is 0. The van der Waals surface area contributed by atoms with Crippen LogP contribution in [-0.2, 0) is 0 Å². The van der Waals surface area contributed by atoms with E-state index in [1.807, 2.05) is 18.2 Å². The van der Waals surface area contributed by atoms with Gasteiger partial charge in [-0.25, -0.2) is 13.6 Å². The van der Waals surface area contributed by atoms with Gasteiger partial charge >= 0.3 is 6.03 Å². The maximum atomic E-state index is 13.6. The Bertz CT molecular complexity index is 744. The molecule has 2 aliphatic rings. The Morgan fingerprint density at radius 2 is 1.62 bits per heavy atom. The van der Waals surface area contributed by atoms with E-state index < -0.39 is 17.7 Å². The number of nitrogens with one attached hydrogen (secondary N) is 1. The molecule has 0 unspecified atom stereocenters. The first-order valence-electron chi connectivity index (χ1n) is 8.11. The lowest BCUT2D eigenvalue weighted by molar-refractivity contribution is -0.0443. The van der Waals surface area contributed by atoms with Crippen molar-refractivity contribution in [2.24, 2.45) is 5.41 Å². The van der Waals surface area contributed by atoms with Crippen LogP contribution in [0, 0.1) is 17.0 Å². The first kappa shape index (κ1) is 15.1. The Morgan fingerprint density at radius 1 is 1.00 bits per heavy atom. The highest BCUT2D eigenvalue weighted by atomic mass is 19.1. The predicted octanol–water partition coefficient (Wildman–Crippen LogP) is 4.38. The van der Waals surface area contributed by atoms with E-state index in [0.29, 0.717) is 19.0 Å². The van der Waals surface area contributed by atoms with Gasteiger partial charge in [-0.15, -0.1) is 0 Å². The van der Waals surface area contributed by atoms with Crippen LogP contribution in [0.15, 0.2) is 48.5 Å². The lowest BCUT2D eigenvalue weighted by atomic mass is 9.56. The van der Waals surface area contributed by atoms with Gasteiger partial charge in [-0.3, -0.25) is 0 Å². The van der Waals surface area contributed by atoms with Crippen molar-refractivity contribution in [2.75, 3.05) is 18.4 Å². The van der Waals surface area contributed by atoms with Crippen LogP contribution in [0.5, 0.6) is 0 Å². The average molecular weight is 328 g/mol. The van der Waals surface area contributed by atoms with Crippen LogP contribution >= 0.6 is 0 Å². The number of halogens is 2. The summed E-state index contributed by atoms with van der Waals surface area (Å²) < 4.78 is 27.2. The molecule has 1 N–H and O–H groups in total. The van der Waals surface area contributed by atoms with Gasteiger partial charge in [-0.1, -0.05) is 36.4 Å². The van der Waals surface area contributed by atoms with Crippen molar-refractivity contribution >= 4 is 11.7 Å². The van der Waals surface area contributed by atoms with E-state index in [-0.39, 0.29) is 11.1 Å². The van der Waals surface area contributed by atoms with Crippen molar-refractivity contribution < 1.29 is 13.6 Å². The quantitative estimate of drug-likeness (QED) is 0.872. The number of rotatable bonds is 2. The van der Waals surface area contributed by atoms with Crippen molar-refractivity contribution in [3.05, 3.63) is 65.7 Å². The summed E-state index contributed by atoms with van der Waals surface area (Å²) in [5, 5.41) is 2.35. The van der Waals surface area contributed by atoms with Crippen molar-refractivity contribution in [1.82, 2.24) is 4.90 Å². The molecule has 1 aliphatic heterocycles. The molecule has 4 rings (SSSR count). The fourth-order valence-electron chi connectivity index (χ4n) is 3.91. The Labute approximate surface area is 139 Å². The number of likely N-dealkylation sites (tertiary alicyclic amines) is 1. The zero-order valence-corrected chi connectivity index (χ0v) is 13.1. The van der Waals surface area contributed by atoms with Crippen LogP contribution < -0.4 is 5.32 Å². The van der Waals surface area contributed by atoms with Crippen LogP contribution in [0.4, 0.5) is 19.3 Å². The molecule has 0 radical (unpaired) electrons. The highest BCUT2D eigenvalue weighted by molar-refractivity contribution is 5.90. The molecule has 24 heavy (non-hydrogen) atoms. The Balaban J connectivity index is 1.33. The molecule has 2 aromatic rings. The Kier molecular flexibility index (Phi) is 3.52. The second-order valence-electron chi connectivity index (χ2n) is 6.90. The third-order valence-electron chi connectivity index (χ3n) is 5.16. The topological polar surface area (TPSA) is 32.3 Å². The Hall–Kier alpha value is -2.43. The van der Waals surface area contributed by atoms with E-state index in [1.54, 1.807) is 4.90 Å². The van der Waals surface area contributed by atoms with Crippen LogP contribution in [0.3, 0.4) is 0 Å². The SMILES string of the molecule is O=C(Nc1c(F)cccc1F)N1CC2(CC(c3ccccc3)C2)C1. The highest BCUT2D eigenvalue weighted by Crippen LogP contribution is 2.56. The maximum absolute atomic E-state index is 13.6. The number of nitrogens with zero attached hydrogens (tertiary/aromatic N) is 1. The number of urea groups is 1. The molecule has 1 saturated heterocycles. The largest absolute Gasteiger partial charge is 0.323 e. The van der Waals surface area contributed by atoms with Crippen molar-refractivity contribution in [3.8, 4) is 0 Å². The molecule has 0 aromatic heterocycles. The molecule has 1 aliphatic carbocycles. The van der Waals surface area contributed by atoms with E-state index in [0.717, 1.165) is 25.0 Å². The number of hydrogen-bond acceptors (Lipinski definition) is 1. The van der Waals surface area contributed by atoms with Gasteiger partial charge in [-0.2, -0.15) is 0 Å². The average Bonchev–Trinajstić information content (AvgIpc) is 2.49. The molecule has 1 saturated carbocycles. The van der Waals surface area contributed by atoms with E-state index in [2.05, 4.69) is 17.4 Å². The summed E-state index contributed by atoms with van der Waals surface area (Å²) in [5.41, 5.74) is 1.16. The molecule has 2 fully saturated rings. The standard InChI is InChI=1S/C19H18F2N2O/c20-15-7-4-8-16(21)17(15)22-18(24)23-11-19(12-23)9-14(10-19)13-5-2-1-3-6-13/h1-8,14H,9-12H2,(H,22,24). The van der Waals surface area contributed by atoms with Gasteiger partial charge in [0.05, 0.1) is 0 Å². The molecule has 5 heteroatoms. The number of para-hydroxylation sites is 1. The lowest BCUT2D eigenvalue weighted by Gasteiger charge is -2.59. The second kappa shape index (κ2) is 5.58. The van der Waals surface area contributed by atoms with Gasteiger partial charge in [0.25, 0.3) is 0 Å². The highest BCUT2D eigenvalue weighted by Gasteiger charge is 2.53. The van der Waals surface area contributed by atoms with Crippen molar-refractivity contribution in [1.29, 1.82) is 0 Å². The third-order valence-corrected chi connectivity index (χ3v) is 5.16. The van der Waals surface area contributed by atoms with Crippen LogP contribution in [0.25, 0.3) is 0 Å². The first-order valence-corrected chi connectivity index (χ1v) is 8.11. The number of benzene rings is 2. The number of anilines is 1. The predicted molar refractivity (Wildman–Crippen MR) is 87.8 cm³/mol. The molecular weight excluding hydrogens is 310 g/mol. The van der Waals surface area contributed by atoms with Crippen LogP contribution in [0.1, 0.15) is 24.3 Å². The number of carbonyl (C=O) groups excluding carboxylic acids is 1. The third kappa shape index (κ3) is 2.54. The molecule has 2 amide bonds. The first-order chi connectivity index (χ1) is 11.6. The minimum absolute atomic E-state index is 0.186. The summed E-state index contributed by atoms with van der Waals surface area (Å²) in [6.45, 7) is 1.30. The van der Waals surface area contributed by atoms with Crippen molar-refractivity contribution in [3.63, 3.8) is 0 Å². The summed E-state index contributed by atoms with van der Waals surface area (Å²) in [5.74, 6) is -0.960. The number of hydrogen-bond donors (Lipinski definition) is 1. The summed E-state index contributed by atoms with van der Waals surface area (Å²) in [6, 6.07) is 13.5. The normalized spacial score (nSPS) is 18.8. The summed E-state index contributed by atoms with van der Waals surface area (Å²) in [7, 11) is 0. The second-order valence-corrected chi connectivity index (χ2v) is 6.90. The monoisotopic (exact) mass is 328 g/mol. The van der Waals surface area contributed by atoms with Gasteiger partial charge in [0.2, 0.25) is 0 Å². The van der Waals surface area contributed by atoms with Crippen LogP contribution in [0.2, 0.25) is 0 Å². The zero-order valence-electron chi connectivity index (χ0n) is 13.1. The van der Waals surface area contributed by atoms with Gasteiger partial charge in [-0.05, 0) is 36.5 Å². The molecule has 0 atom stereocenters. The van der Waals surface area contributed by atoms with E-state index in [4.69, 9.17) is 0 Å². The minimum Gasteiger partial charge on any atom is -0.323 e. The van der Waals surface area contributed by atoms with Gasteiger partial charge < -0.3 is 10.2 Å². The fraction of sp³-hybridized carbons (Fsp3) is 0.316. The van der Waals surface area contributed by atoms with E-state index >= 15 is 0 Å². The zero-order chi connectivity index (χ0) is 16.7. The number of carbonyl (C=O) groups is 1. The molecule has 0 bridgehead atoms. The molecule has 124 valence electrons. The minimum atomic E-state index is -0.758. The molecule has 1 spiro atoms. The van der Waals surface area contributed by atoms with E-state index in [9.17, 15) is 13.6 Å². The molecule has 3 nitrogen and oxygen atoms in total. The van der Waals surface area contributed by atoms with Gasteiger partial charge in [0.15, 0.2) is 0 Å². The van der Waals surface area contributed by atoms with Gasteiger partial charge in [0, 0.05) is 18.5 Å². The summed E-state index contributed by atoms with van der Waals surface area (Å²) in [6.07, 6.45) is 2.13. The molecule has 1 heterocycles. The number of amides is 2. The lowest BCUT2D eigenvalue weighted by Crippen LogP contribution is -2.64. The smallest absolute Gasteiger partial charge is 0.322 e. The van der Waals surface area contributed by atoms with Crippen LogP contribution in [-0.4, -0.2) is 24.0 Å². The maximum Gasteiger partial charge on any atom is 0.322 e. The van der Waals surface area contributed by atoms with Crippen molar-refractivity contribution in [2.45, 2.75) is 18.8 Å². The Morgan fingerprint density at radius 3 is 2.25 bits per heavy atom. The molecule has 2 aromatic carbocycles. The molecular formula is C19H18F2N2O. The summed E-state index contributed by atoms with van der Waals surface area (Å²) in [4.78, 5) is 13.8. The van der Waals surface area contributed by atoms with E-state index in [1.165, 1.54) is 11.6 Å². The van der Waals surface area contributed by atoms with Gasteiger partial charge in [0.1, 0.15) is 17.3 Å².